The predicted molar refractivity (Wildman–Crippen MR) is 129 cm³/mol. The van der Waals surface area contributed by atoms with Gasteiger partial charge in [0, 0.05) is 30.6 Å². The molecule has 31 heavy (non-hydrogen) atoms. The zero-order chi connectivity index (χ0) is 22.5. The summed E-state index contributed by atoms with van der Waals surface area (Å²) in [6, 6.07) is 8.08. The number of thiazole rings is 1. The summed E-state index contributed by atoms with van der Waals surface area (Å²) >= 11 is 2.67. The molecule has 0 radical (unpaired) electrons. The average Bonchev–Trinajstić information content (AvgIpc) is 3.12. The van der Waals surface area contributed by atoms with Crippen LogP contribution in [-0.4, -0.2) is 49.7 Å². The second kappa shape index (κ2) is 10.4. The minimum absolute atomic E-state index is 0.0727. The molecule has 3 aromatic rings. The Morgan fingerprint density at radius 2 is 1.90 bits per heavy atom. The van der Waals surface area contributed by atoms with Crippen molar-refractivity contribution in [3.05, 3.63) is 45.7 Å². The van der Waals surface area contributed by atoms with Gasteiger partial charge in [0.15, 0.2) is 10.3 Å². The zero-order valence-corrected chi connectivity index (χ0v) is 20.2. The van der Waals surface area contributed by atoms with Gasteiger partial charge in [0.1, 0.15) is 0 Å². The highest BCUT2D eigenvalue weighted by Crippen LogP contribution is 2.20. The second-order valence-corrected chi connectivity index (χ2v) is 9.73. The van der Waals surface area contributed by atoms with E-state index in [0.717, 1.165) is 12.2 Å². The van der Waals surface area contributed by atoms with Gasteiger partial charge in [0.2, 0.25) is 5.91 Å². The number of anilines is 1. The first kappa shape index (κ1) is 23.4. The molecule has 0 saturated heterocycles. The summed E-state index contributed by atoms with van der Waals surface area (Å²) in [5.74, 6) is -0.0131. The lowest BCUT2D eigenvalue weighted by Crippen LogP contribution is -2.40. The molecular formula is C22H29N5O2S2. The molecule has 0 spiro atoms. The Morgan fingerprint density at radius 1 is 1.19 bits per heavy atom. The van der Waals surface area contributed by atoms with Crippen LogP contribution in [0.1, 0.15) is 33.4 Å². The summed E-state index contributed by atoms with van der Waals surface area (Å²) in [6.45, 7) is 11.7. The fourth-order valence-corrected chi connectivity index (χ4v) is 5.01. The molecule has 3 rings (SSSR count). The molecule has 1 amide bonds. The Hall–Kier alpha value is -2.23. The minimum Gasteiger partial charge on any atom is -0.301 e. The minimum atomic E-state index is -0.167. The molecule has 0 aliphatic carbocycles. The molecule has 2 aromatic heterocycles. The lowest BCUT2D eigenvalue weighted by Gasteiger charge is -2.30. The number of hydrogen-bond donors (Lipinski definition) is 1. The summed E-state index contributed by atoms with van der Waals surface area (Å²) in [7, 11) is 0. The van der Waals surface area contributed by atoms with Gasteiger partial charge < -0.3 is 5.32 Å². The van der Waals surface area contributed by atoms with Crippen molar-refractivity contribution in [1.29, 1.82) is 0 Å². The van der Waals surface area contributed by atoms with Crippen LogP contribution in [0.5, 0.6) is 0 Å². The molecular weight excluding hydrogens is 430 g/mol. The summed E-state index contributed by atoms with van der Waals surface area (Å²) in [5.41, 5.74) is 1.45. The quantitative estimate of drug-likeness (QED) is 0.385. The third kappa shape index (κ3) is 5.93. The molecule has 166 valence electrons. The monoisotopic (exact) mass is 459 g/mol. The maximum Gasteiger partial charge on any atom is 0.262 e. The van der Waals surface area contributed by atoms with Crippen LogP contribution in [0.3, 0.4) is 0 Å². The van der Waals surface area contributed by atoms with Crippen LogP contribution >= 0.6 is 23.1 Å². The summed E-state index contributed by atoms with van der Waals surface area (Å²) in [5, 5.41) is 6.43. The van der Waals surface area contributed by atoms with E-state index in [1.54, 1.807) is 10.6 Å². The van der Waals surface area contributed by atoms with Gasteiger partial charge in [-0.05, 0) is 46.8 Å². The van der Waals surface area contributed by atoms with Gasteiger partial charge in [0.25, 0.3) is 5.56 Å². The number of aryl methyl sites for hydroxylation is 1. The van der Waals surface area contributed by atoms with Crippen molar-refractivity contribution >= 4 is 45.0 Å². The van der Waals surface area contributed by atoms with E-state index in [0.29, 0.717) is 39.8 Å². The number of nitrogens with one attached hydrogen (secondary N) is 1. The van der Waals surface area contributed by atoms with Crippen LogP contribution in [0.4, 0.5) is 5.13 Å². The van der Waals surface area contributed by atoms with Gasteiger partial charge in [-0.3, -0.25) is 19.1 Å². The Balaban J connectivity index is 1.83. The Bertz CT molecular complexity index is 1100. The fraction of sp³-hybridized carbons (Fsp3) is 0.455. The standard InChI is InChI=1S/C22H29N5O2S2/c1-14(2)26(15(3)4)10-11-27-20(29)17-8-6-7-9-18(17)24-22(27)31-13-19(28)25-21-23-16(5)12-30-21/h6-9,12,14-15H,10-11,13H2,1-5H3,(H,23,25,28). The van der Waals surface area contributed by atoms with E-state index in [2.05, 4.69) is 42.9 Å². The van der Waals surface area contributed by atoms with E-state index in [1.807, 2.05) is 30.5 Å². The van der Waals surface area contributed by atoms with Crippen molar-refractivity contribution in [1.82, 2.24) is 19.4 Å². The highest BCUT2D eigenvalue weighted by atomic mass is 32.2. The number of benzene rings is 1. The number of carbonyl (C=O) groups is 1. The van der Waals surface area contributed by atoms with E-state index in [4.69, 9.17) is 4.98 Å². The van der Waals surface area contributed by atoms with E-state index in [-0.39, 0.29) is 17.2 Å². The van der Waals surface area contributed by atoms with Crippen molar-refractivity contribution in [2.75, 3.05) is 17.6 Å². The third-order valence-corrected chi connectivity index (χ3v) is 6.78. The van der Waals surface area contributed by atoms with E-state index < -0.39 is 0 Å². The molecule has 0 unspecified atom stereocenters. The molecule has 0 saturated carbocycles. The lowest BCUT2D eigenvalue weighted by molar-refractivity contribution is -0.113. The summed E-state index contributed by atoms with van der Waals surface area (Å²) < 4.78 is 1.70. The van der Waals surface area contributed by atoms with Crippen LogP contribution < -0.4 is 10.9 Å². The Labute approximate surface area is 190 Å². The highest BCUT2D eigenvalue weighted by Gasteiger charge is 2.17. The number of hydrogen-bond acceptors (Lipinski definition) is 7. The Kier molecular flexibility index (Phi) is 7.85. The van der Waals surface area contributed by atoms with Crippen molar-refractivity contribution in [3.63, 3.8) is 0 Å². The van der Waals surface area contributed by atoms with E-state index in [9.17, 15) is 9.59 Å². The number of para-hydroxylation sites is 1. The highest BCUT2D eigenvalue weighted by molar-refractivity contribution is 7.99. The fourth-order valence-electron chi connectivity index (χ4n) is 3.48. The van der Waals surface area contributed by atoms with Crippen LogP contribution in [0.15, 0.2) is 39.6 Å². The number of aromatic nitrogens is 3. The molecule has 0 aliphatic rings. The van der Waals surface area contributed by atoms with Crippen molar-refractivity contribution in [2.45, 2.75) is 58.4 Å². The van der Waals surface area contributed by atoms with E-state index >= 15 is 0 Å². The molecule has 0 bridgehead atoms. The van der Waals surface area contributed by atoms with Gasteiger partial charge in [-0.2, -0.15) is 0 Å². The first-order valence-electron chi connectivity index (χ1n) is 10.4. The number of thioether (sulfide) groups is 1. The molecule has 0 atom stereocenters. The third-order valence-electron chi connectivity index (χ3n) is 4.93. The zero-order valence-electron chi connectivity index (χ0n) is 18.6. The van der Waals surface area contributed by atoms with Crippen molar-refractivity contribution in [2.24, 2.45) is 0 Å². The van der Waals surface area contributed by atoms with Gasteiger partial charge in [-0.1, -0.05) is 23.9 Å². The van der Waals surface area contributed by atoms with Crippen molar-refractivity contribution < 1.29 is 4.79 Å². The van der Waals surface area contributed by atoms with Gasteiger partial charge in [-0.25, -0.2) is 9.97 Å². The maximum absolute atomic E-state index is 13.2. The normalized spacial score (nSPS) is 11.7. The number of rotatable bonds is 9. The smallest absolute Gasteiger partial charge is 0.262 e. The van der Waals surface area contributed by atoms with Crippen LogP contribution in [0, 0.1) is 6.92 Å². The first-order valence-corrected chi connectivity index (χ1v) is 12.2. The number of amides is 1. The summed E-state index contributed by atoms with van der Waals surface area (Å²) in [6.07, 6.45) is 0. The average molecular weight is 460 g/mol. The van der Waals surface area contributed by atoms with E-state index in [1.165, 1.54) is 23.1 Å². The second-order valence-electron chi connectivity index (χ2n) is 7.92. The van der Waals surface area contributed by atoms with Crippen LogP contribution in [0.2, 0.25) is 0 Å². The maximum atomic E-state index is 13.2. The predicted octanol–water partition coefficient (Wildman–Crippen LogP) is 4.01. The molecule has 2 heterocycles. The van der Waals surface area contributed by atoms with Gasteiger partial charge in [-0.15, -0.1) is 11.3 Å². The summed E-state index contributed by atoms with van der Waals surface area (Å²) in [4.78, 5) is 36.9. The number of fused-ring (bicyclic) bond motifs is 1. The SMILES string of the molecule is Cc1csc(NC(=O)CSc2nc3ccccc3c(=O)n2CCN(C(C)C)C(C)C)n1. The van der Waals surface area contributed by atoms with Gasteiger partial charge >= 0.3 is 0 Å². The molecule has 1 N–H and O–H groups in total. The lowest BCUT2D eigenvalue weighted by atomic mass is 10.2. The molecule has 7 nitrogen and oxygen atoms in total. The molecule has 0 aliphatic heterocycles. The molecule has 9 heteroatoms. The number of nitrogens with zero attached hydrogens (tertiary/aromatic N) is 4. The number of carbonyl (C=O) groups excluding carboxylic acids is 1. The molecule has 1 aromatic carbocycles. The topological polar surface area (TPSA) is 80.1 Å². The van der Waals surface area contributed by atoms with Gasteiger partial charge in [0.05, 0.1) is 22.3 Å². The molecule has 0 fully saturated rings. The Morgan fingerprint density at radius 3 is 2.55 bits per heavy atom. The largest absolute Gasteiger partial charge is 0.301 e. The van der Waals surface area contributed by atoms with Crippen molar-refractivity contribution in [3.8, 4) is 0 Å². The van der Waals surface area contributed by atoms with Crippen LogP contribution in [-0.2, 0) is 11.3 Å². The van der Waals surface area contributed by atoms with Crippen LogP contribution in [0.25, 0.3) is 10.9 Å². The first-order chi connectivity index (χ1) is 14.8.